The van der Waals surface area contributed by atoms with Gasteiger partial charge in [-0.3, -0.25) is 4.98 Å². The molecule has 0 amide bonds. The van der Waals surface area contributed by atoms with Crippen molar-refractivity contribution in [3.05, 3.63) is 162 Å². The Morgan fingerprint density at radius 2 is 1.40 bits per heavy atom. The third kappa shape index (κ3) is 8.77. The van der Waals surface area contributed by atoms with Crippen molar-refractivity contribution >= 4 is 46.4 Å². The number of rotatable bonds is 8. The molecule has 0 saturated carbocycles. The molecule has 0 N–H and O–H groups in total. The molecule has 0 spiro atoms. The van der Waals surface area contributed by atoms with Gasteiger partial charge in [-0.25, -0.2) is 4.98 Å². The second kappa shape index (κ2) is 18.1. The summed E-state index contributed by atoms with van der Waals surface area (Å²) >= 11 is 0. The SMILES string of the molecule is Cc1ccc2c(n1)nc(-c1[c-]ccc3c1oc1ccccc13)n2-c1c(C(C)C)cc(-c2ccccc2)cc1C(C)C.[2H]C([2H])([2H])c1c[c-]c(-c2cc(C(C)C)c([Si](C)(C)C)cn2)cc1.[Ir]. The molecular weight excluding hydrogens is 953 g/mol. The average Bonchev–Trinajstić information content (AvgIpc) is 3.84. The molecule has 62 heavy (non-hydrogen) atoms. The van der Waals surface area contributed by atoms with E-state index < -0.39 is 14.9 Å². The summed E-state index contributed by atoms with van der Waals surface area (Å²) in [5.74, 6) is 1.78. The van der Waals surface area contributed by atoms with Crippen LogP contribution in [0.2, 0.25) is 19.6 Å². The number of furan rings is 1. The van der Waals surface area contributed by atoms with Crippen molar-refractivity contribution in [3.63, 3.8) is 0 Å². The summed E-state index contributed by atoms with van der Waals surface area (Å²) in [7, 11) is -1.45. The molecule has 0 unspecified atom stereocenters. The summed E-state index contributed by atoms with van der Waals surface area (Å²) < 4.78 is 31.1. The van der Waals surface area contributed by atoms with Crippen LogP contribution in [-0.2, 0) is 20.1 Å². The van der Waals surface area contributed by atoms with E-state index in [-0.39, 0.29) is 31.9 Å². The van der Waals surface area contributed by atoms with E-state index in [9.17, 15) is 0 Å². The number of benzene rings is 5. The van der Waals surface area contributed by atoms with E-state index in [1.165, 1.54) is 38.7 Å². The van der Waals surface area contributed by atoms with Gasteiger partial charge in [0.05, 0.1) is 25.0 Å². The van der Waals surface area contributed by atoms with Crippen molar-refractivity contribution in [1.29, 1.82) is 0 Å². The van der Waals surface area contributed by atoms with Crippen LogP contribution in [0.5, 0.6) is 0 Å². The van der Waals surface area contributed by atoms with Gasteiger partial charge in [-0.15, -0.1) is 53.6 Å². The Labute approximate surface area is 386 Å². The summed E-state index contributed by atoms with van der Waals surface area (Å²) in [6.07, 6.45) is 2.00. The molecule has 317 valence electrons. The fourth-order valence-electron chi connectivity index (χ4n) is 8.23. The predicted molar refractivity (Wildman–Crippen MR) is 259 cm³/mol. The molecule has 0 bridgehead atoms. The summed E-state index contributed by atoms with van der Waals surface area (Å²) in [5.41, 5.74) is 14.6. The number of fused-ring (bicyclic) bond motifs is 4. The van der Waals surface area contributed by atoms with Gasteiger partial charge >= 0.3 is 0 Å². The zero-order chi connectivity index (χ0) is 45.7. The maximum absolute atomic E-state index is 7.44. The first-order valence-electron chi connectivity index (χ1n) is 22.9. The molecule has 0 fully saturated rings. The number of imidazole rings is 1. The van der Waals surface area contributed by atoms with Crippen LogP contribution in [0.15, 0.2) is 126 Å². The maximum Gasteiger partial charge on any atom is 0.168 e. The predicted octanol–water partition coefficient (Wildman–Crippen LogP) is 14.5. The van der Waals surface area contributed by atoms with E-state index in [1.54, 1.807) is 18.2 Å². The van der Waals surface area contributed by atoms with Crippen LogP contribution in [0, 0.1) is 25.9 Å². The Balaban J connectivity index is 0.000000225. The molecule has 9 rings (SSSR count). The van der Waals surface area contributed by atoms with Gasteiger partial charge in [-0.05, 0) is 88.1 Å². The van der Waals surface area contributed by atoms with E-state index >= 15 is 0 Å². The van der Waals surface area contributed by atoms with Gasteiger partial charge < -0.3 is 14.0 Å². The molecule has 9 aromatic rings. The Kier molecular flexibility index (Phi) is 11.9. The van der Waals surface area contributed by atoms with E-state index in [2.05, 4.69) is 156 Å². The first-order valence-corrected chi connectivity index (χ1v) is 24.9. The molecular formula is C55H56IrN4OSi-2. The molecule has 1 radical (unpaired) electrons. The molecule has 5 aromatic carbocycles. The molecule has 0 atom stereocenters. The van der Waals surface area contributed by atoms with Crippen molar-refractivity contribution in [2.24, 2.45) is 0 Å². The zero-order valence-corrected chi connectivity index (χ0v) is 40.7. The average molecular weight is 1010 g/mol. The van der Waals surface area contributed by atoms with Crippen molar-refractivity contribution in [2.75, 3.05) is 0 Å². The third-order valence-electron chi connectivity index (χ3n) is 11.4. The number of aryl methyl sites for hydroxylation is 2. The third-order valence-corrected chi connectivity index (χ3v) is 13.5. The second-order valence-corrected chi connectivity index (χ2v) is 23.0. The van der Waals surface area contributed by atoms with Crippen LogP contribution in [0.3, 0.4) is 0 Å². The number of hydrogen-bond acceptors (Lipinski definition) is 4. The van der Waals surface area contributed by atoms with Crippen molar-refractivity contribution in [3.8, 4) is 39.5 Å². The number of pyridine rings is 2. The number of aromatic nitrogens is 4. The molecule has 0 aliphatic heterocycles. The Bertz CT molecular complexity index is 3100. The Morgan fingerprint density at radius 1 is 0.710 bits per heavy atom. The number of para-hydroxylation sites is 1. The molecule has 4 aromatic heterocycles. The van der Waals surface area contributed by atoms with Crippen molar-refractivity contribution in [1.82, 2.24) is 19.5 Å². The minimum Gasteiger partial charge on any atom is -0.501 e. The van der Waals surface area contributed by atoms with E-state index in [0.717, 1.165) is 61.4 Å². The van der Waals surface area contributed by atoms with Crippen LogP contribution in [0.1, 0.15) is 91.4 Å². The molecule has 4 heterocycles. The van der Waals surface area contributed by atoms with E-state index in [1.807, 2.05) is 37.4 Å². The quantitative estimate of drug-likeness (QED) is 0.112. The normalized spacial score (nSPS) is 12.7. The van der Waals surface area contributed by atoms with Crippen LogP contribution in [-0.4, -0.2) is 27.6 Å². The van der Waals surface area contributed by atoms with Gasteiger partial charge in [-0.2, -0.15) is 0 Å². The van der Waals surface area contributed by atoms with Crippen LogP contribution < -0.4 is 5.19 Å². The zero-order valence-electron chi connectivity index (χ0n) is 40.3. The minimum absolute atomic E-state index is 0. The van der Waals surface area contributed by atoms with Gasteiger partial charge in [-0.1, -0.05) is 139 Å². The van der Waals surface area contributed by atoms with E-state index in [4.69, 9.17) is 18.5 Å². The van der Waals surface area contributed by atoms with Gasteiger partial charge in [0.2, 0.25) is 0 Å². The molecule has 0 saturated heterocycles. The molecule has 0 aliphatic carbocycles. The summed E-state index contributed by atoms with van der Waals surface area (Å²) in [4.78, 5) is 14.7. The van der Waals surface area contributed by atoms with Crippen LogP contribution in [0.4, 0.5) is 0 Å². The first kappa shape index (κ1) is 40.6. The fraction of sp³-hybridized carbons (Fsp3) is 0.255. The minimum atomic E-state index is -2.09. The number of nitrogens with zero attached hydrogens (tertiary/aromatic N) is 4. The summed E-state index contributed by atoms with van der Waals surface area (Å²) in [6.45, 7) is 20.4. The Morgan fingerprint density at radius 3 is 2.05 bits per heavy atom. The van der Waals surface area contributed by atoms with Gasteiger partial charge in [0.25, 0.3) is 0 Å². The first-order chi connectivity index (χ1) is 30.4. The summed E-state index contributed by atoms with van der Waals surface area (Å²) in [6, 6.07) is 45.5. The van der Waals surface area contributed by atoms with Gasteiger partial charge in [0.15, 0.2) is 5.65 Å². The standard InChI is InChI=1S/C37H32N3O.C18H24NSi.Ir/c1-22(2)30-20-26(25-12-7-6-8-13-25)21-31(23(3)4)34(30)40-32-19-18-24(5)38-36(32)39-37(40)29-16-11-15-28-27-14-9-10-17-33(27)41-35(28)29;1-13(2)16-11-17(15-9-7-14(3)8-10-15)19-12-18(16)20(4,5)6;/h6-15,17-23H,1-5H3;7-9,11-13H,1-6H3;/q2*-1;/i;3D3;. The maximum atomic E-state index is 7.44. The van der Waals surface area contributed by atoms with Gasteiger partial charge in [0.1, 0.15) is 5.58 Å². The fourth-order valence-corrected chi connectivity index (χ4v) is 9.91. The molecule has 7 heteroatoms. The van der Waals surface area contributed by atoms with Crippen LogP contribution >= 0.6 is 0 Å². The molecule has 5 nitrogen and oxygen atoms in total. The van der Waals surface area contributed by atoms with Crippen molar-refractivity contribution < 1.29 is 28.6 Å². The smallest absolute Gasteiger partial charge is 0.168 e. The second-order valence-electron chi connectivity index (χ2n) is 18.0. The van der Waals surface area contributed by atoms with Crippen LogP contribution in [0.25, 0.3) is 72.6 Å². The monoisotopic (exact) mass is 1010 g/mol. The largest absolute Gasteiger partial charge is 0.501 e. The van der Waals surface area contributed by atoms with E-state index in [0.29, 0.717) is 11.5 Å². The van der Waals surface area contributed by atoms with Crippen molar-refractivity contribution in [2.45, 2.75) is 92.7 Å². The number of hydrogen-bond donors (Lipinski definition) is 0. The van der Waals surface area contributed by atoms with Gasteiger partial charge in [0, 0.05) is 47.2 Å². The topological polar surface area (TPSA) is 56.7 Å². The molecule has 0 aliphatic rings. The summed E-state index contributed by atoms with van der Waals surface area (Å²) in [5, 5.41) is 3.53. The Hall–Kier alpha value is -5.46.